The zero-order valence-corrected chi connectivity index (χ0v) is 9.73. The molecule has 0 radical (unpaired) electrons. The lowest BCUT2D eigenvalue weighted by molar-refractivity contribution is -0.134. The van der Waals surface area contributed by atoms with E-state index in [0.29, 0.717) is 0 Å². The van der Waals surface area contributed by atoms with E-state index in [9.17, 15) is 13.2 Å². The first kappa shape index (κ1) is 13.3. The van der Waals surface area contributed by atoms with E-state index in [1.54, 1.807) is 6.92 Å². The summed E-state index contributed by atoms with van der Waals surface area (Å²) >= 11 is 0. The van der Waals surface area contributed by atoms with Gasteiger partial charge in [-0.15, -0.1) is 0 Å². The lowest BCUT2D eigenvalue weighted by Crippen LogP contribution is -2.12. The Bertz CT molecular complexity index is 524. The zero-order valence-electron chi connectivity index (χ0n) is 8.91. The first-order valence-corrected chi connectivity index (χ1v) is 5.96. The molecule has 0 saturated carbocycles. The second-order valence-electron chi connectivity index (χ2n) is 3.01. The van der Waals surface area contributed by atoms with Crippen LogP contribution in [0.15, 0.2) is 18.2 Å². The average Bonchev–Trinajstić information content (AvgIpc) is 2.20. The summed E-state index contributed by atoms with van der Waals surface area (Å²) in [7, 11) is -4.71. The molecular weight excluding hydrogens is 250 g/mol. The minimum absolute atomic E-state index is 0.0213. The Hall–Kier alpha value is -1.80. The van der Waals surface area contributed by atoms with E-state index in [4.69, 9.17) is 15.0 Å². The largest absolute Gasteiger partial charge is 0.446 e. The number of carbonyl (C=O) groups is 1. The summed E-state index contributed by atoms with van der Waals surface area (Å²) in [5.41, 5.74) is 5.53. The van der Waals surface area contributed by atoms with Crippen molar-refractivity contribution < 1.29 is 26.7 Å². The Balaban J connectivity index is 3.13. The van der Waals surface area contributed by atoms with Gasteiger partial charge < -0.3 is 14.7 Å². The molecule has 94 valence electrons. The van der Waals surface area contributed by atoms with E-state index in [2.05, 4.69) is 4.18 Å². The first-order chi connectivity index (χ1) is 7.83. The van der Waals surface area contributed by atoms with Gasteiger partial charge in [-0.05, 0) is 12.1 Å². The molecular formula is C9H11NO6S. The predicted octanol–water partition coefficient (Wildman–Crippen LogP) is 0.766. The van der Waals surface area contributed by atoms with Crippen molar-refractivity contribution in [3.05, 3.63) is 18.2 Å². The predicted molar refractivity (Wildman–Crippen MR) is 59.0 cm³/mol. The van der Waals surface area contributed by atoms with Crippen LogP contribution >= 0.6 is 0 Å². The third-order valence-electron chi connectivity index (χ3n) is 1.71. The number of esters is 1. The van der Waals surface area contributed by atoms with Crippen LogP contribution in [0.1, 0.15) is 13.3 Å². The van der Waals surface area contributed by atoms with E-state index < -0.39 is 16.4 Å². The molecule has 0 atom stereocenters. The molecule has 7 nitrogen and oxygen atoms in total. The quantitative estimate of drug-likeness (QED) is 0.356. The van der Waals surface area contributed by atoms with Crippen molar-refractivity contribution in [2.75, 3.05) is 5.73 Å². The van der Waals surface area contributed by atoms with Crippen LogP contribution in [0.3, 0.4) is 0 Å². The van der Waals surface area contributed by atoms with Crippen molar-refractivity contribution in [2.45, 2.75) is 13.3 Å². The Labute approximate surface area is 98.1 Å². The minimum Gasteiger partial charge on any atom is -0.420 e. The topological polar surface area (TPSA) is 116 Å². The molecule has 0 amide bonds. The number of anilines is 1. The van der Waals surface area contributed by atoms with Crippen LogP contribution in [0.25, 0.3) is 0 Å². The Kier molecular flexibility index (Phi) is 3.92. The minimum atomic E-state index is -4.71. The van der Waals surface area contributed by atoms with Crippen LogP contribution in [0.4, 0.5) is 5.69 Å². The number of benzene rings is 1. The maximum Gasteiger partial charge on any atom is 0.446 e. The van der Waals surface area contributed by atoms with Crippen LogP contribution < -0.4 is 14.7 Å². The fraction of sp³-hybridized carbons (Fsp3) is 0.222. The molecule has 0 aromatic heterocycles. The van der Waals surface area contributed by atoms with Crippen LogP contribution in [-0.4, -0.2) is 18.9 Å². The molecule has 1 aromatic rings. The van der Waals surface area contributed by atoms with Gasteiger partial charge >= 0.3 is 16.4 Å². The van der Waals surface area contributed by atoms with Crippen LogP contribution in [0.2, 0.25) is 0 Å². The summed E-state index contributed by atoms with van der Waals surface area (Å²) in [5.74, 6) is -1.20. The summed E-state index contributed by atoms with van der Waals surface area (Å²) in [6.07, 6.45) is 0.0830. The Morgan fingerprint density at radius 1 is 1.47 bits per heavy atom. The molecule has 0 fully saturated rings. The number of hydrogen-bond acceptors (Lipinski definition) is 6. The van der Waals surface area contributed by atoms with Gasteiger partial charge in [-0.3, -0.25) is 9.35 Å². The van der Waals surface area contributed by atoms with E-state index >= 15 is 0 Å². The molecule has 0 spiro atoms. The molecule has 0 aliphatic heterocycles. The first-order valence-electron chi connectivity index (χ1n) is 4.59. The smallest absolute Gasteiger partial charge is 0.420 e. The molecule has 0 heterocycles. The normalized spacial score (nSPS) is 10.9. The summed E-state index contributed by atoms with van der Waals surface area (Å²) in [6, 6.07) is 3.98. The molecule has 0 unspecified atom stereocenters. The molecule has 0 bridgehead atoms. The van der Waals surface area contributed by atoms with Gasteiger partial charge in [0.05, 0.1) is 5.69 Å². The average molecular weight is 261 g/mol. The van der Waals surface area contributed by atoms with Crippen LogP contribution in [0, 0.1) is 0 Å². The van der Waals surface area contributed by atoms with E-state index in [-0.39, 0.29) is 23.6 Å². The molecule has 0 aliphatic carbocycles. The third-order valence-corrected chi connectivity index (χ3v) is 2.10. The highest BCUT2D eigenvalue weighted by atomic mass is 32.3. The second-order valence-corrected chi connectivity index (χ2v) is 4.04. The summed E-state index contributed by atoms with van der Waals surface area (Å²) < 4.78 is 38.7. The van der Waals surface area contributed by atoms with Gasteiger partial charge in [-0.1, -0.05) is 13.0 Å². The number of carbonyl (C=O) groups excluding carboxylic acids is 1. The van der Waals surface area contributed by atoms with Crippen LogP contribution in [0.5, 0.6) is 11.5 Å². The lowest BCUT2D eigenvalue weighted by Gasteiger charge is -2.10. The number of para-hydroxylation sites is 1. The van der Waals surface area contributed by atoms with Crippen molar-refractivity contribution in [3.8, 4) is 11.5 Å². The van der Waals surface area contributed by atoms with Gasteiger partial charge in [-0.2, -0.15) is 8.42 Å². The number of hydrogen-bond donors (Lipinski definition) is 2. The van der Waals surface area contributed by atoms with Crippen molar-refractivity contribution in [1.29, 1.82) is 0 Å². The maximum atomic E-state index is 11.1. The summed E-state index contributed by atoms with van der Waals surface area (Å²) in [6.45, 7) is 1.56. The molecule has 0 saturated heterocycles. The lowest BCUT2D eigenvalue weighted by atomic mass is 10.3. The van der Waals surface area contributed by atoms with Crippen molar-refractivity contribution >= 4 is 22.1 Å². The highest BCUT2D eigenvalue weighted by Crippen LogP contribution is 2.34. The Morgan fingerprint density at radius 3 is 2.65 bits per heavy atom. The number of rotatable bonds is 4. The fourth-order valence-electron chi connectivity index (χ4n) is 1.01. The maximum absolute atomic E-state index is 11.1. The number of nitrogens with two attached hydrogens (primary N) is 1. The van der Waals surface area contributed by atoms with Crippen molar-refractivity contribution in [3.63, 3.8) is 0 Å². The summed E-state index contributed by atoms with van der Waals surface area (Å²) in [4.78, 5) is 11.1. The van der Waals surface area contributed by atoms with Crippen molar-refractivity contribution in [1.82, 2.24) is 0 Å². The van der Waals surface area contributed by atoms with E-state index in [1.165, 1.54) is 18.2 Å². The zero-order chi connectivity index (χ0) is 13.1. The monoisotopic (exact) mass is 261 g/mol. The van der Waals surface area contributed by atoms with E-state index in [1.807, 2.05) is 0 Å². The fourth-order valence-corrected chi connectivity index (χ4v) is 1.37. The van der Waals surface area contributed by atoms with Crippen LogP contribution in [-0.2, 0) is 15.2 Å². The Morgan fingerprint density at radius 2 is 2.12 bits per heavy atom. The number of nitrogen functional groups attached to an aromatic ring is 1. The molecule has 8 heteroatoms. The summed E-state index contributed by atoms with van der Waals surface area (Å²) in [5, 5.41) is 0. The molecule has 1 rings (SSSR count). The number of ether oxygens (including phenoxy) is 1. The van der Waals surface area contributed by atoms with Gasteiger partial charge in [-0.25, -0.2) is 0 Å². The standard InChI is InChI=1S/C9H11NO6S/c1-2-8(11)15-9-6(10)4-3-5-7(9)16-17(12,13)14/h3-5H,2,10H2,1H3,(H,12,13,14). The van der Waals surface area contributed by atoms with Gasteiger partial charge in [0.25, 0.3) is 0 Å². The molecule has 1 aromatic carbocycles. The SMILES string of the molecule is CCC(=O)Oc1c(N)cccc1OS(=O)(=O)O. The highest BCUT2D eigenvalue weighted by Gasteiger charge is 2.17. The third kappa shape index (κ3) is 3.93. The molecule has 3 N–H and O–H groups in total. The second kappa shape index (κ2) is 5.02. The molecule has 17 heavy (non-hydrogen) atoms. The molecule has 0 aliphatic rings. The van der Waals surface area contributed by atoms with Gasteiger partial charge in [0.2, 0.25) is 0 Å². The van der Waals surface area contributed by atoms with Gasteiger partial charge in [0.15, 0.2) is 11.5 Å². The van der Waals surface area contributed by atoms with Gasteiger partial charge in [0.1, 0.15) is 0 Å². The van der Waals surface area contributed by atoms with Crippen molar-refractivity contribution in [2.24, 2.45) is 0 Å². The van der Waals surface area contributed by atoms with Gasteiger partial charge in [0, 0.05) is 6.42 Å². The van der Waals surface area contributed by atoms with E-state index in [0.717, 1.165) is 0 Å². The highest BCUT2D eigenvalue weighted by molar-refractivity contribution is 7.81.